The summed E-state index contributed by atoms with van der Waals surface area (Å²) >= 11 is 7.18. The van der Waals surface area contributed by atoms with Crippen molar-refractivity contribution >= 4 is 31.9 Å². The normalized spacial score (nSPS) is 10.8. The van der Waals surface area contributed by atoms with Crippen molar-refractivity contribution in [3.05, 3.63) is 130 Å². The maximum absolute atomic E-state index is 3.59. The molecule has 0 nitrogen and oxygen atoms in total. The lowest BCUT2D eigenvalue weighted by Crippen LogP contribution is -1.93. The molecule has 0 amide bonds. The molecule has 154 valence electrons. The van der Waals surface area contributed by atoms with Crippen LogP contribution in [0.15, 0.2) is 130 Å². The van der Waals surface area contributed by atoms with E-state index in [0.717, 1.165) is 8.95 Å². The van der Waals surface area contributed by atoms with Gasteiger partial charge in [0.1, 0.15) is 0 Å². The first-order chi connectivity index (χ1) is 15.7. The lowest BCUT2D eigenvalue weighted by molar-refractivity contribution is 1.53. The predicted octanol–water partition coefficient (Wildman–Crippen LogP) is 9.88. The highest BCUT2D eigenvalue weighted by molar-refractivity contribution is 9.10. The summed E-state index contributed by atoms with van der Waals surface area (Å²) in [6.45, 7) is 0. The first kappa shape index (κ1) is 20.9. The second kappa shape index (κ2) is 9.28. The Morgan fingerprint density at radius 3 is 1.25 bits per heavy atom. The van der Waals surface area contributed by atoms with Gasteiger partial charge in [0.25, 0.3) is 0 Å². The highest BCUT2D eigenvalue weighted by Gasteiger charge is 2.17. The summed E-state index contributed by atoms with van der Waals surface area (Å²) in [4.78, 5) is 0. The molecule has 0 bridgehead atoms. The maximum atomic E-state index is 3.59. The van der Waals surface area contributed by atoms with E-state index < -0.39 is 0 Å². The molecule has 0 aliphatic rings. The molecule has 0 spiro atoms. The monoisotopic (exact) mass is 538 g/mol. The van der Waals surface area contributed by atoms with E-state index in [-0.39, 0.29) is 0 Å². The number of hydrogen-bond acceptors (Lipinski definition) is 0. The van der Waals surface area contributed by atoms with Gasteiger partial charge in [0, 0.05) is 8.95 Å². The van der Waals surface area contributed by atoms with Crippen molar-refractivity contribution < 1.29 is 0 Å². The van der Waals surface area contributed by atoms with Crippen molar-refractivity contribution in [1.29, 1.82) is 0 Å². The summed E-state index contributed by atoms with van der Waals surface area (Å²) in [6.07, 6.45) is 0. The third-order valence-corrected chi connectivity index (χ3v) is 6.68. The van der Waals surface area contributed by atoms with Crippen LogP contribution in [0.3, 0.4) is 0 Å². The summed E-state index contributed by atoms with van der Waals surface area (Å²) in [6, 6.07) is 43.1. The summed E-state index contributed by atoms with van der Waals surface area (Å²) < 4.78 is 2.16. The van der Waals surface area contributed by atoms with Gasteiger partial charge >= 0.3 is 0 Å². The van der Waals surface area contributed by atoms with Gasteiger partial charge in [-0.15, -0.1) is 0 Å². The second-order valence-electron chi connectivity index (χ2n) is 7.69. The first-order valence-electron chi connectivity index (χ1n) is 10.5. The van der Waals surface area contributed by atoms with Gasteiger partial charge in [-0.2, -0.15) is 0 Å². The average Bonchev–Trinajstić information content (AvgIpc) is 2.85. The Bertz CT molecular complexity index is 1340. The fourth-order valence-electron chi connectivity index (χ4n) is 4.07. The van der Waals surface area contributed by atoms with Crippen molar-refractivity contribution in [3.8, 4) is 44.5 Å². The van der Waals surface area contributed by atoms with Gasteiger partial charge in [0.15, 0.2) is 0 Å². The van der Waals surface area contributed by atoms with E-state index in [9.17, 15) is 0 Å². The van der Waals surface area contributed by atoms with Crippen LogP contribution in [0, 0.1) is 0 Å². The topological polar surface area (TPSA) is 0 Å². The Kier molecular flexibility index (Phi) is 6.07. The van der Waals surface area contributed by atoms with Gasteiger partial charge in [-0.25, -0.2) is 0 Å². The lowest BCUT2D eigenvalue weighted by Gasteiger charge is -2.19. The van der Waals surface area contributed by atoms with Gasteiger partial charge in [0.2, 0.25) is 0 Å². The van der Waals surface area contributed by atoms with Gasteiger partial charge in [-0.05, 0) is 80.9 Å². The van der Waals surface area contributed by atoms with Crippen molar-refractivity contribution in [2.75, 3.05) is 0 Å². The Labute approximate surface area is 205 Å². The van der Waals surface area contributed by atoms with E-state index >= 15 is 0 Å². The highest BCUT2D eigenvalue weighted by Crippen LogP contribution is 2.43. The molecule has 0 N–H and O–H groups in total. The minimum atomic E-state index is 1.08. The first-order valence-corrected chi connectivity index (χ1v) is 12.1. The zero-order valence-corrected chi connectivity index (χ0v) is 20.5. The van der Waals surface area contributed by atoms with E-state index in [1.807, 2.05) is 0 Å². The van der Waals surface area contributed by atoms with Crippen LogP contribution >= 0.6 is 31.9 Å². The van der Waals surface area contributed by atoms with Crippen LogP contribution in [0.5, 0.6) is 0 Å². The third kappa shape index (κ3) is 4.34. The van der Waals surface area contributed by atoms with Crippen molar-refractivity contribution in [1.82, 2.24) is 0 Å². The second-order valence-corrected chi connectivity index (χ2v) is 9.52. The SMILES string of the molecule is Brc1ccc(-c2cc(-c3ccccc3)cc(-c3ccccc3)c2-c2ccc(Br)cc2)cc1. The van der Waals surface area contributed by atoms with Crippen LogP contribution in [0.2, 0.25) is 0 Å². The molecule has 0 unspecified atom stereocenters. The molecule has 0 heterocycles. The highest BCUT2D eigenvalue weighted by atomic mass is 79.9. The maximum Gasteiger partial charge on any atom is 0.0175 e. The number of hydrogen-bond donors (Lipinski definition) is 0. The van der Waals surface area contributed by atoms with E-state index in [4.69, 9.17) is 0 Å². The van der Waals surface area contributed by atoms with E-state index in [1.54, 1.807) is 0 Å². The molecule has 0 aromatic heterocycles. The third-order valence-electron chi connectivity index (χ3n) is 5.62. The number of rotatable bonds is 4. The molecule has 0 saturated heterocycles. The molecule has 5 aromatic rings. The summed E-state index contributed by atoms with van der Waals surface area (Å²) in [5, 5.41) is 0. The van der Waals surface area contributed by atoms with E-state index in [0.29, 0.717) is 0 Å². The van der Waals surface area contributed by atoms with Crippen LogP contribution in [-0.4, -0.2) is 0 Å². The van der Waals surface area contributed by atoms with Gasteiger partial charge in [0.05, 0.1) is 0 Å². The standard InChI is InChI=1S/C30H20Br2/c31-26-15-11-23(12-16-26)29-20-25(21-7-3-1-4-8-21)19-28(22-9-5-2-6-10-22)30(29)24-13-17-27(32)18-14-24/h1-20H. The van der Waals surface area contributed by atoms with E-state index in [2.05, 4.69) is 153 Å². The van der Waals surface area contributed by atoms with Crippen molar-refractivity contribution in [3.63, 3.8) is 0 Å². The van der Waals surface area contributed by atoms with E-state index in [1.165, 1.54) is 44.5 Å². The van der Waals surface area contributed by atoms with Crippen LogP contribution in [-0.2, 0) is 0 Å². The Hall–Kier alpha value is -2.94. The average molecular weight is 540 g/mol. The van der Waals surface area contributed by atoms with Crippen molar-refractivity contribution in [2.45, 2.75) is 0 Å². The summed E-state index contributed by atoms with van der Waals surface area (Å²) in [5.74, 6) is 0. The zero-order valence-electron chi connectivity index (χ0n) is 17.3. The Balaban J connectivity index is 1.87. The minimum absolute atomic E-state index is 1.08. The predicted molar refractivity (Wildman–Crippen MR) is 144 cm³/mol. The van der Waals surface area contributed by atoms with Crippen LogP contribution in [0.1, 0.15) is 0 Å². The molecule has 0 fully saturated rings. The quantitative estimate of drug-likeness (QED) is 0.213. The molecule has 0 radical (unpaired) electrons. The van der Waals surface area contributed by atoms with Crippen LogP contribution in [0.25, 0.3) is 44.5 Å². The molecule has 0 atom stereocenters. The zero-order chi connectivity index (χ0) is 21.9. The van der Waals surface area contributed by atoms with Gasteiger partial charge in [-0.3, -0.25) is 0 Å². The molecule has 0 aliphatic heterocycles. The fourth-order valence-corrected chi connectivity index (χ4v) is 4.60. The molecule has 2 heteroatoms. The van der Waals surface area contributed by atoms with Crippen molar-refractivity contribution in [2.24, 2.45) is 0 Å². The van der Waals surface area contributed by atoms with Crippen LogP contribution < -0.4 is 0 Å². The summed E-state index contributed by atoms with van der Waals surface area (Å²) in [5.41, 5.74) is 9.72. The molecular weight excluding hydrogens is 520 g/mol. The van der Waals surface area contributed by atoms with Gasteiger partial charge < -0.3 is 0 Å². The Morgan fingerprint density at radius 1 is 0.344 bits per heavy atom. The smallest absolute Gasteiger partial charge is 0.0175 e. The van der Waals surface area contributed by atoms with Crippen LogP contribution in [0.4, 0.5) is 0 Å². The molecule has 5 aromatic carbocycles. The molecular formula is C30H20Br2. The number of halogens is 2. The Morgan fingerprint density at radius 2 is 0.750 bits per heavy atom. The number of benzene rings is 5. The lowest BCUT2D eigenvalue weighted by atomic mass is 9.85. The summed E-state index contributed by atoms with van der Waals surface area (Å²) in [7, 11) is 0. The molecule has 0 saturated carbocycles. The molecule has 32 heavy (non-hydrogen) atoms. The minimum Gasteiger partial charge on any atom is -0.0622 e. The molecule has 5 rings (SSSR count). The fraction of sp³-hybridized carbons (Fsp3) is 0. The molecule has 0 aliphatic carbocycles. The van der Waals surface area contributed by atoms with Gasteiger partial charge in [-0.1, -0.05) is 117 Å². The largest absolute Gasteiger partial charge is 0.0622 e.